The van der Waals surface area contributed by atoms with Gasteiger partial charge in [-0.15, -0.1) is 0 Å². The highest BCUT2D eigenvalue weighted by Crippen LogP contribution is 2.71. The summed E-state index contributed by atoms with van der Waals surface area (Å²) in [6.45, 7) is 17.8. The van der Waals surface area contributed by atoms with Crippen LogP contribution in [0.2, 0.25) is 0 Å². The molecule has 6 rings (SSSR count). The Hall–Kier alpha value is -2.10. The summed E-state index contributed by atoms with van der Waals surface area (Å²) in [5.41, 5.74) is 5.39. The number of pyridine rings is 2. The summed E-state index contributed by atoms with van der Waals surface area (Å²) in [5.74, 6) is 2.64. The van der Waals surface area contributed by atoms with Crippen molar-refractivity contribution in [1.82, 2.24) is 0 Å². The first kappa shape index (κ1) is 21.4. The van der Waals surface area contributed by atoms with Crippen molar-refractivity contribution in [3.63, 3.8) is 0 Å². The van der Waals surface area contributed by atoms with E-state index >= 15 is 0 Å². The lowest BCUT2D eigenvalue weighted by atomic mass is 9.80. The van der Waals surface area contributed by atoms with Crippen LogP contribution >= 0.6 is 0 Å². The lowest BCUT2D eigenvalue weighted by Crippen LogP contribution is -2.50. The smallest absolute Gasteiger partial charge is 0.209 e. The van der Waals surface area contributed by atoms with Gasteiger partial charge in [0.15, 0.2) is 11.4 Å². The van der Waals surface area contributed by atoms with E-state index < -0.39 is 5.41 Å². The monoisotopic (exact) mass is 446 g/mol. The topological polar surface area (TPSA) is 53.9 Å². The van der Waals surface area contributed by atoms with Crippen molar-refractivity contribution < 1.29 is 9.46 Å². The zero-order valence-electron chi connectivity index (χ0n) is 21.4. The molecule has 0 unspecified atom stereocenters. The molecule has 33 heavy (non-hydrogen) atoms. The molecule has 2 heterocycles. The lowest BCUT2D eigenvalue weighted by molar-refractivity contribution is -0.643. The van der Waals surface area contributed by atoms with Crippen LogP contribution < -0.4 is 9.46 Å². The van der Waals surface area contributed by atoms with Crippen molar-refractivity contribution in [2.24, 2.45) is 22.7 Å². The van der Waals surface area contributed by atoms with Crippen LogP contribution in [0.25, 0.3) is 0 Å². The van der Waals surface area contributed by atoms with Gasteiger partial charge >= 0.3 is 0 Å². The minimum absolute atomic E-state index is 0.182. The van der Waals surface area contributed by atoms with E-state index in [1.165, 1.54) is 20.6 Å². The zero-order chi connectivity index (χ0) is 23.8. The van der Waals surface area contributed by atoms with Crippen molar-refractivity contribution in [3.8, 4) is 0 Å². The second kappa shape index (κ2) is 6.12. The molecule has 2 fully saturated rings. The average molecular weight is 447 g/mol. The molecule has 176 valence electrons. The first-order valence-electron chi connectivity index (χ1n) is 12.8. The summed E-state index contributed by atoms with van der Waals surface area (Å²) in [6, 6.07) is 8.32. The first-order chi connectivity index (χ1) is 15.3. The second-order valence-electron chi connectivity index (χ2n) is 13.4. The third-order valence-corrected chi connectivity index (χ3v) is 10.6. The third-order valence-electron chi connectivity index (χ3n) is 10.6. The molecule has 2 aromatic rings. The van der Waals surface area contributed by atoms with Crippen LogP contribution in [-0.4, -0.2) is 0 Å². The van der Waals surface area contributed by atoms with E-state index in [-0.39, 0.29) is 10.8 Å². The normalized spacial score (nSPS) is 34.5. The van der Waals surface area contributed by atoms with E-state index in [9.17, 15) is 10.4 Å². The molecule has 0 spiro atoms. The molecule has 4 aliphatic carbocycles. The highest BCUT2D eigenvalue weighted by Gasteiger charge is 2.66. The van der Waals surface area contributed by atoms with Crippen LogP contribution in [0.15, 0.2) is 24.3 Å². The predicted molar refractivity (Wildman–Crippen MR) is 129 cm³/mol. The Kier molecular flexibility index (Phi) is 3.97. The van der Waals surface area contributed by atoms with E-state index in [4.69, 9.17) is 0 Å². The standard InChI is InChI=1S/C29H38N2O2/c1-15-13-19-23(27(19,3)4)25-17(15)9-11-21(30(25)32)29(7,8)22-12-10-18-16(2)14-20-24(28(20,5)6)26(18)31(22)33/h9-12,15-16,19-20,23-24H,13-14H2,1-8H3/t15-,16-,19+,20+,23+,24+/m1/s1. The summed E-state index contributed by atoms with van der Waals surface area (Å²) in [4.78, 5) is 0. The highest BCUT2D eigenvalue weighted by molar-refractivity contribution is 5.41. The third kappa shape index (κ3) is 2.53. The Labute approximate surface area is 198 Å². The summed E-state index contributed by atoms with van der Waals surface area (Å²) in [5, 5.41) is 27.9. The van der Waals surface area contributed by atoms with Gasteiger partial charge in [-0.2, -0.15) is 9.46 Å². The van der Waals surface area contributed by atoms with Crippen LogP contribution in [0.5, 0.6) is 0 Å². The maximum atomic E-state index is 13.9. The zero-order valence-corrected chi connectivity index (χ0v) is 21.4. The van der Waals surface area contributed by atoms with Gasteiger partial charge in [0, 0.05) is 23.3 Å². The Balaban J connectivity index is 1.49. The number of nitrogens with zero attached hydrogens (tertiary/aromatic N) is 2. The van der Waals surface area contributed by atoms with E-state index in [0.29, 0.717) is 46.9 Å². The molecule has 0 N–H and O–H groups in total. The Morgan fingerprint density at radius 3 is 1.45 bits per heavy atom. The van der Waals surface area contributed by atoms with Crippen LogP contribution in [0.1, 0.15) is 126 Å². The maximum absolute atomic E-state index is 13.9. The van der Waals surface area contributed by atoms with E-state index in [1.54, 1.807) is 0 Å². The summed E-state index contributed by atoms with van der Waals surface area (Å²) in [6.07, 6.45) is 2.32. The molecule has 4 aliphatic rings. The summed E-state index contributed by atoms with van der Waals surface area (Å²) in [7, 11) is 0. The van der Waals surface area contributed by atoms with E-state index in [1.807, 2.05) is 26.0 Å². The molecule has 0 radical (unpaired) electrons. The highest BCUT2D eigenvalue weighted by atomic mass is 16.5. The maximum Gasteiger partial charge on any atom is 0.209 e. The quantitative estimate of drug-likeness (QED) is 0.434. The molecular formula is C29H38N2O2. The van der Waals surface area contributed by atoms with Crippen molar-refractivity contribution in [1.29, 1.82) is 0 Å². The van der Waals surface area contributed by atoms with E-state index in [2.05, 4.69) is 53.7 Å². The summed E-state index contributed by atoms with van der Waals surface area (Å²) >= 11 is 0. The first-order valence-corrected chi connectivity index (χ1v) is 12.8. The average Bonchev–Trinajstić information content (AvgIpc) is 3.49. The number of aromatic nitrogens is 2. The minimum Gasteiger partial charge on any atom is -0.618 e. The van der Waals surface area contributed by atoms with Crippen molar-refractivity contribution >= 4 is 0 Å². The van der Waals surface area contributed by atoms with Gasteiger partial charge in [-0.3, -0.25) is 0 Å². The molecule has 0 aliphatic heterocycles. The van der Waals surface area contributed by atoms with Crippen molar-refractivity contribution in [2.75, 3.05) is 0 Å². The fourth-order valence-corrected chi connectivity index (χ4v) is 8.11. The molecule has 2 saturated carbocycles. The fraction of sp³-hybridized carbons (Fsp3) is 0.655. The largest absolute Gasteiger partial charge is 0.618 e. The van der Waals surface area contributed by atoms with Crippen molar-refractivity contribution in [3.05, 3.63) is 68.6 Å². The fourth-order valence-electron chi connectivity index (χ4n) is 8.11. The van der Waals surface area contributed by atoms with Gasteiger partial charge < -0.3 is 10.4 Å². The Morgan fingerprint density at radius 2 is 1.09 bits per heavy atom. The van der Waals surface area contributed by atoms with Crippen LogP contribution in [-0.2, 0) is 5.41 Å². The van der Waals surface area contributed by atoms with Gasteiger partial charge in [0.25, 0.3) is 0 Å². The number of hydrogen-bond acceptors (Lipinski definition) is 2. The Bertz CT molecular complexity index is 1100. The molecule has 2 aromatic heterocycles. The molecular weight excluding hydrogens is 408 g/mol. The van der Waals surface area contributed by atoms with Crippen LogP contribution in [0, 0.1) is 33.1 Å². The predicted octanol–water partition coefficient (Wildman–Crippen LogP) is 5.77. The Morgan fingerprint density at radius 1 is 0.727 bits per heavy atom. The number of rotatable bonds is 2. The minimum atomic E-state index is -0.683. The lowest BCUT2D eigenvalue weighted by Gasteiger charge is -2.28. The molecule has 4 heteroatoms. The summed E-state index contributed by atoms with van der Waals surface area (Å²) < 4.78 is 2.42. The molecule has 0 amide bonds. The van der Waals surface area contributed by atoms with Gasteiger partial charge in [0.2, 0.25) is 11.4 Å². The number of fused-ring (bicyclic) bond motifs is 6. The SMILES string of the molecule is C[C@@H]1C[C@H]2[C@@H](c3c1ccc(C(C)(C)c1ccc4c([n+]1[O-])[C@@H]1[C@H](C[C@H]4C)C1(C)C)[n+]3[O-])C2(C)C. The van der Waals surface area contributed by atoms with Gasteiger partial charge in [-0.05, 0) is 73.3 Å². The van der Waals surface area contributed by atoms with Gasteiger partial charge in [-0.25, -0.2) is 0 Å². The molecule has 6 atom stereocenters. The van der Waals surface area contributed by atoms with Gasteiger partial charge in [0.1, 0.15) is 5.41 Å². The molecule has 0 saturated heterocycles. The van der Waals surface area contributed by atoms with Crippen molar-refractivity contribution in [2.45, 2.75) is 97.3 Å². The van der Waals surface area contributed by atoms with Gasteiger partial charge in [-0.1, -0.05) is 41.5 Å². The molecule has 0 aromatic carbocycles. The second-order valence-corrected chi connectivity index (χ2v) is 13.4. The number of hydrogen-bond donors (Lipinski definition) is 0. The van der Waals surface area contributed by atoms with Crippen LogP contribution in [0.4, 0.5) is 0 Å². The molecule has 4 nitrogen and oxygen atoms in total. The van der Waals surface area contributed by atoms with Gasteiger partial charge in [0.05, 0.1) is 11.8 Å². The molecule has 0 bridgehead atoms. The van der Waals surface area contributed by atoms with E-state index in [0.717, 1.165) is 24.2 Å². The van der Waals surface area contributed by atoms with Crippen LogP contribution in [0.3, 0.4) is 0 Å².